The van der Waals surface area contributed by atoms with Gasteiger partial charge in [0.15, 0.2) is 0 Å². The Morgan fingerprint density at radius 1 is 1.20 bits per heavy atom. The van der Waals surface area contributed by atoms with E-state index in [9.17, 15) is 14.0 Å². The number of anilines is 1. The lowest BCUT2D eigenvalue weighted by Crippen LogP contribution is -2.33. The molecule has 10 heteroatoms. The number of pyridine rings is 1. The van der Waals surface area contributed by atoms with Gasteiger partial charge in [-0.05, 0) is 67.7 Å². The summed E-state index contributed by atoms with van der Waals surface area (Å²) in [6, 6.07) is 7.77. The maximum Gasteiger partial charge on any atom is 0.418 e. The number of carbonyl (C=O) groups is 2. The van der Waals surface area contributed by atoms with Crippen molar-refractivity contribution in [1.82, 2.24) is 15.2 Å². The van der Waals surface area contributed by atoms with Crippen LogP contribution in [0.3, 0.4) is 0 Å². The van der Waals surface area contributed by atoms with Gasteiger partial charge in [0.25, 0.3) is 5.91 Å². The molecule has 8 nitrogen and oxygen atoms in total. The highest BCUT2D eigenvalue weighted by atomic mass is 79.9. The van der Waals surface area contributed by atoms with E-state index < -0.39 is 17.5 Å². The highest BCUT2D eigenvalue weighted by molar-refractivity contribution is 9.10. The Labute approximate surface area is 210 Å². The minimum absolute atomic E-state index is 0.0744. The van der Waals surface area contributed by atoms with Gasteiger partial charge in [0, 0.05) is 40.9 Å². The number of nitrogens with zero attached hydrogens (tertiary/aromatic N) is 4. The molecule has 2 amide bonds. The maximum atomic E-state index is 14.3. The summed E-state index contributed by atoms with van der Waals surface area (Å²) in [5.74, 6) is -0.659. The normalized spacial score (nSPS) is 15.1. The van der Waals surface area contributed by atoms with Gasteiger partial charge >= 0.3 is 6.09 Å². The standard InChI is InChI=1S/C25H23BrFN5O3/c1-25(2,3)35-24(34)32-10-8-31(9-11-32)22-18(23(33)29-17-6-7-17)13-19(26)21(30-22)15-4-5-16(14-28)20(27)12-15/h4-5,8-13,17H,6-7H2,1-3H3,(H,29,33). The molecule has 0 radical (unpaired) electrons. The van der Waals surface area contributed by atoms with Gasteiger partial charge < -0.3 is 15.0 Å². The highest BCUT2D eigenvalue weighted by Crippen LogP contribution is 2.34. The van der Waals surface area contributed by atoms with Crippen molar-refractivity contribution in [3.63, 3.8) is 0 Å². The lowest BCUT2D eigenvalue weighted by atomic mass is 10.1. The first-order valence-electron chi connectivity index (χ1n) is 10.9. The van der Waals surface area contributed by atoms with E-state index in [1.165, 1.54) is 29.4 Å². The number of hydrogen-bond donors (Lipinski definition) is 1. The van der Waals surface area contributed by atoms with Crippen molar-refractivity contribution in [1.29, 1.82) is 5.26 Å². The number of halogens is 2. The molecule has 0 spiro atoms. The van der Waals surface area contributed by atoms with Gasteiger partial charge in [-0.15, -0.1) is 0 Å². The maximum absolute atomic E-state index is 14.3. The summed E-state index contributed by atoms with van der Waals surface area (Å²) in [5.41, 5.74) is 0.408. The van der Waals surface area contributed by atoms with Crippen molar-refractivity contribution >= 4 is 33.7 Å². The van der Waals surface area contributed by atoms with Gasteiger partial charge in [-0.1, -0.05) is 6.07 Å². The molecule has 1 aromatic carbocycles. The lowest BCUT2D eigenvalue weighted by Gasteiger charge is -2.27. The third kappa shape index (κ3) is 5.69. The second-order valence-corrected chi connectivity index (χ2v) is 9.99. The Morgan fingerprint density at radius 3 is 2.46 bits per heavy atom. The molecular weight excluding hydrogens is 517 g/mol. The van der Waals surface area contributed by atoms with Crippen LogP contribution in [0.5, 0.6) is 0 Å². The molecule has 1 saturated carbocycles. The Bertz CT molecular complexity index is 1280. The van der Waals surface area contributed by atoms with Gasteiger partial charge in [0.05, 0.1) is 16.8 Å². The number of aromatic nitrogens is 1. The fraction of sp³-hybridized carbons (Fsp3) is 0.280. The van der Waals surface area contributed by atoms with Gasteiger partial charge in [0.2, 0.25) is 0 Å². The van der Waals surface area contributed by atoms with E-state index in [4.69, 9.17) is 10.00 Å². The fourth-order valence-electron chi connectivity index (χ4n) is 3.25. The van der Waals surface area contributed by atoms with Crippen LogP contribution in [0, 0.1) is 17.1 Å². The zero-order valence-corrected chi connectivity index (χ0v) is 21.0. The molecule has 2 aromatic rings. The molecule has 1 fully saturated rings. The van der Waals surface area contributed by atoms with E-state index in [2.05, 4.69) is 26.2 Å². The zero-order chi connectivity index (χ0) is 25.3. The number of hydrogen-bond acceptors (Lipinski definition) is 6. The van der Waals surface area contributed by atoms with Gasteiger partial charge in [-0.25, -0.2) is 14.2 Å². The molecule has 35 heavy (non-hydrogen) atoms. The molecule has 1 aromatic heterocycles. The number of ether oxygens (including phenoxy) is 1. The molecule has 1 aliphatic carbocycles. The first kappa shape index (κ1) is 24.4. The summed E-state index contributed by atoms with van der Waals surface area (Å²) in [6.07, 6.45) is 7.46. The SMILES string of the molecule is CC(C)(C)OC(=O)N1C=CN(c2nc(-c3ccc(C#N)c(F)c3)c(Br)cc2C(=O)NC2CC2)C=C1. The van der Waals surface area contributed by atoms with Gasteiger partial charge in [0.1, 0.15) is 23.3 Å². The summed E-state index contributed by atoms with van der Waals surface area (Å²) < 4.78 is 20.2. The van der Waals surface area contributed by atoms with E-state index in [0.717, 1.165) is 12.8 Å². The smallest absolute Gasteiger partial charge is 0.418 e. The number of carbonyl (C=O) groups excluding carboxylic acids is 2. The van der Waals surface area contributed by atoms with E-state index in [-0.39, 0.29) is 17.5 Å². The fourth-order valence-corrected chi connectivity index (χ4v) is 3.80. The summed E-state index contributed by atoms with van der Waals surface area (Å²) in [7, 11) is 0. The molecule has 0 bridgehead atoms. The Hall–Kier alpha value is -3.71. The topological polar surface area (TPSA) is 98.6 Å². The molecule has 1 aliphatic heterocycles. The van der Waals surface area contributed by atoms with E-state index in [1.54, 1.807) is 56.3 Å². The predicted molar refractivity (Wildman–Crippen MR) is 131 cm³/mol. The summed E-state index contributed by atoms with van der Waals surface area (Å²) in [6.45, 7) is 5.33. The zero-order valence-electron chi connectivity index (χ0n) is 19.4. The number of nitriles is 1. The molecule has 0 atom stereocenters. The summed E-state index contributed by atoms with van der Waals surface area (Å²) in [4.78, 5) is 32.9. The minimum atomic E-state index is -0.665. The first-order chi connectivity index (χ1) is 16.6. The Kier molecular flexibility index (Phi) is 6.63. The van der Waals surface area contributed by atoms with Crippen LogP contribution < -0.4 is 10.2 Å². The van der Waals surface area contributed by atoms with Crippen molar-refractivity contribution in [2.45, 2.75) is 45.3 Å². The van der Waals surface area contributed by atoms with E-state index in [0.29, 0.717) is 27.1 Å². The third-order valence-electron chi connectivity index (χ3n) is 5.10. The molecular formula is C25H23BrFN5O3. The van der Waals surface area contributed by atoms with Crippen molar-refractivity contribution < 1.29 is 18.7 Å². The second kappa shape index (κ2) is 9.50. The van der Waals surface area contributed by atoms with Crippen molar-refractivity contribution in [3.8, 4) is 17.3 Å². The van der Waals surface area contributed by atoms with Crippen LogP contribution in [0.2, 0.25) is 0 Å². The van der Waals surface area contributed by atoms with Crippen LogP contribution in [0.4, 0.5) is 15.0 Å². The van der Waals surface area contributed by atoms with Crippen LogP contribution in [-0.4, -0.2) is 33.5 Å². The van der Waals surface area contributed by atoms with Gasteiger partial charge in [-0.2, -0.15) is 5.26 Å². The van der Waals surface area contributed by atoms with E-state index >= 15 is 0 Å². The first-order valence-corrected chi connectivity index (χ1v) is 11.7. The van der Waals surface area contributed by atoms with Crippen molar-refractivity contribution in [3.05, 3.63) is 70.5 Å². The van der Waals surface area contributed by atoms with Crippen LogP contribution >= 0.6 is 15.9 Å². The summed E-state index contributed by atoms with van der Waals surface area (Å²) >= 11 is 3.45. The Balaban J connectivity index is 1.71. The van der Waals surface area contributed by atoms with Gasteiger partial charge in [-0.3, -0.25) is 9.69 Å². The molecule has 0 saturated heterocycles. The molecule has 0 unspecified atom stereocenters. The molecule has 4 rings (SSSR count). The number of rotatable bonds is 4. The number of nitrogens with one attached hydrogen (secondary N) is 1. The average molecular weight is 540 g/mol. The van der Waals surface area contributed by atoms with Crippen LogP contribution in [0.15, 0.2) is 53.5 Å². The molecule has 2 aliphatic rings. The third-order valence-corrected chi connectivity index (χ3v) is 5.71. The van der Waals surface area contributed by atoms with Crippen LogP contribution in [0.25, 0.3) is 11.3 Å². The number of benzene rings is 1. The monoisotopic (exact) mass is 539 g/mol. The second-order valence-electron chi connectivity index (χ2n) is 9.14. The highest BCUT2D eigenvalue weighted by Gasteiger charge is 2.28. The largest absolute Gasteiger partial charge is 0.443 e. The number of amides is 2. The van der Waals surface area contributed by atoms with Crippen LogP contribution in [-0.2, 0) is 4.74 Å². The average Bonchev–Trinajstić information content (AvgIpc) is 3.62. The lowest BCUT2D eigenvalue weighted by molar-refractivity contribution is 0.0397. The molecule has 1 N–H and O–H groups in total. The minimum Gasteiger partial charge on any atom is -0.443 e. The van der Waals surface area contributed by atoms with Crippen molar-refractivity contribution in [2.75, 3.05) is 4.90 Å². The van der Waals surface area contributed by atoms with E-state index in [1.807, 2.05) is 0 Å². The molecule has 2 heterocycles. The van der Waals surface area contributed by atoms with Crippen molar-refractivity contribution in [2.24, 2.45) is 0 Å². The Morgan fingerprint density at radius 2 is 1.89 bits per heavy atom. The predicted octanol–water partition coefficient (Wildman–Crippen LogP) is 5.41. The molecule has 180 valence electrons. The summed E-state index contributed by atoms with van der Waals surface area (Å²) in [5, 5.41) is 12.0. The quantitative estimate of drug-likeness (QED) is 0.557. The van der Waals surface area contributed by atoms with Crippen LogP contribution in [0.1, 0.15) is 49.5 Å².